The van der Waals surface area contributed by atoms with E-state index in [-0.39, 0.29) is 17.6 Å². The molecule has 16 heavy (non-hydrogen) atoms. The third kappa shape index (κ3) is 4.94. The molecule has 1 rings (SSSR count). The molecule has 0 heterocycles. The molecule has 94 valence electrons. The van der Waals surface area contributed by atoms with E-state index in [9.17, 15) is 13.2 Å². The van der Waals surface area contributed by atoms with Crippen molar-refractivity contribution in [3.8, 4) is 0 Å². The highest BCUT2D eigenvalue weighted by molar-refractivity contribution is 7.90. The van der Waals surface area contributed by atoms with E-state index >= 15 is 0 Å². The predicted molar refractivity (Wildman–Crippen MR) is 62.7 cm³/mol. The number of amides is 1. The first kappa shape index (κ1) is 13.4. The molecular weight excluding hydrogens is 228 g/mol. The van der Waals surface area contributed by atoms with Gasteiger partial charge in [-0.15, -0.1) is 0 Å². The summed E-state index contributed by atoms with van der Waals surface area (Å²) < 4.78 is 21.8. The fraction of sp³-hybridized carbons (Fsp3) is 0.900. The average molecular weight is 248 g/mol. The summed E-state index contributed by atoms with van der Waals surface area (Å²) in [5, 5.41) is 3.21. The molecule has 5 nitrogen and oxygen atoms in total. The van der Waals surface area contributed by atoms with Crippen LogP contribution in [0.5, 0.6) is 0 Å². The van der Waals surface area contributed by atoms with Crippen LogP contribution in [0.25, 0.3) is 0 Å². The Morgan fingerprint density at radius 1 is 1.31 bits per heavy atom. The van der Waals surface area contributed by atoms with E-state index in [4.69, 9.17) is 5.73 Å². The van der Waals surface area contributed by atoms with E-state index in [1.807, 2.05) is 0 Å². The van der Waals surface area contributed by atoms with Gasteiger partial charge < -0.3 is 11.1 Å². The number of carbonyl (C=O) groups excluding carboxylic acids is 1. The molecule has 6 heteroatoms. The van der Waals surface area contributed by atoms with Gasteiger partial charge in [0.1, 0.15) is 9.84 Å². The molecule has 0 spiro atoms. The van der Waals surface area contributed by atoms with Crippen molar-refractivity contribution in [2.75, 3.05) is 18.6 Å². The minimum atomic E-state index is -2.89. The van der Waals surface area contributed by atoms with E-state index in [0.29, 0.717) is 12.6 Å². The van der Waals surface area contributed by atoms with Crippen molar-refractivity contribution in [1.29, 1.82) is 0 Å². The molecule has 1 aliphatic rings. The van der Waals surface area contributed by atoms with Crippen LogP contribution in [0.2, 0.25) is 0 Å². The summed E-state index contributed by atoms with van der Waals surface area (Å²) in [5.74, 6) is -0.0366. The fourth-order valence-electron chi connectivity index (χ4n) is 2.03. The summed E-state index contributed by atoms with van der Waals surface area (Å²) in [5.41, 5.74) is 5.23. The van der Waals surface area contributed by atoms with Crippen molar-refractivity contribution >= 4 is 15.7 Å². The summed E-state index contributed by atoms with van der Waals surface area (Å²) in [6, 6.07) is 0.331. The zero-order chi connectivity index (χ0) is 12.2. The Bertz CT molecular complexity index is 332. The lowest BCUT2D eigenvalue weighted by molar-refractivity contribution is -0.122. The second-order valence-electron chi connectivity index (χ2n) is 4.53. The average Bonchev–Trinajstić information content (AvgIpc) is 2.16. The van der Waals surface area contributed by atoms with Gasteiger partial charge in [-0.3, -0.25) is 4.79 Å². The van der Waals surface area contributed by atoms with Gasteiger partial charge in [-0.25, -0.2) is 8.42 Å². The lowest BCUT2D eigenvalue weighted by atomic mass is 9.86. The second-order valence-corrected chi connectivity index (χ2v) is 6.79. The lowest BCUT2D eigenvalue weighted by Crippen LogP contribution is -2.38. The lowest BCUT2D eigenvalue weighted by Gasteiger charge is -2.27. The van der Waals surface area contributed by atoms with Gasteiger partial charge in [-0.05, 0) is 25.7 Å². The summed E-state index contributed by atoms with van der Waals surface area (Å²) in [6.45, 7) is 0.491. The number of rotatable bonds is 5. The van der Waals surface area contributed by atoms with Gasteiger partial charge >= 0.3 is 0 Å². The van der Waals surface area contributed by atoms with Gasteiger partial charge in [0.05, 0.1) is 5.75 Å². The molecule has 1 saturated carbocycles. The maximum absolute atomic E-state index is 10.9. The van der Waals surface area contributed by atoms with Crippen LogP contribution in [-0.4, -0.2) is 38.9 Å². The van der Waals surface area contributed by atoms with Crippen molar-refractivity contribution < 1.29 is 13.2 Å². The van der Waals surface area contributed by atoms with E-state index in [1.54, 1.807) is 0 Å². The van der Waals surface area contributed by atoms with Crippen LogP contribution in [-0.2, 0) is 14.6 Å². The van der Waals surface area contributed by atoms with Gasteiger partial charge in [0.2, 0.25) is 5.91 Å². The number of hydrogen-bond acceptors (Lipinski definition) is 4. The van der Waals surface area contributed by atoms with Crippen LogP contribution in [0.1, 0.15) is 25.7 Å². The van der Waals surface area contributed by atoms with E-state index in [1.165, 1.54) is 6.26 Å². The number of nitrogens with two attached hydrogens (primary N) is 1. The third-order valence-electron chi connectivity index (χ3n) is 3.04. The van der Waals surface area contributed by atoms with E-state index in [2.05, 4.69) is 5.32 Å². The van der Waals surface area contributed by atoms with Crippen LogP contribution in [0.4, 0.5) is 0 Å². The predicted octanol–water partition coefficient (Wildman–Crippen LogP) is -0.335. The molecular formula is C10H20N2O3S. The normalized spacial score (nSPS) is 26.6. The Hall–Kier alpha value is -0.620. The number of hydrogen-bond donors (Lipinski definition) is 2. The van der Waals surface area contributed by atoms with Crippen molar-refractivity contribution in [2.45, 2.75) is 31.7 Å². The van der Waals surface area contributed by atoms with Crippen LogP contribution in [0.3, 0.4) is 0 Å². The van der Waals surface area contributed by atoms with Crippen molar-refractivity contribution in [3.05, 3.63) is 0 Å². The van der Waals surface area contributed by atoms with E-state index < -0.39 is 9.84 Å². The molecule has 0 atom stereocenters. The molecule has 0 bridgehead atoms. The molecule has 1 fully saturated rings. The topological polar surface area (TPSA) is 89.3 Å². The highest BCUT2D eigenvalue weighted by atomic mass is 32.2. The van der Waals surface area contributed by atoms with Crippen molar-refractivity contribution in [2.24, 2.45) is 11.7 Å². The zero-order valence-corrected chi connectivity index (χ0v) is 10.4. The summed E-state index contributed by atoms with van der Waals surface area (Å²) >= 11 is 0. The molecule has 3 N–H and O–H groups in total. The van der Waals surface area contributed by atoms with Crippen molar-refractivity contribution in [3.63, 3.8) is 0 Å². The fourth-order valence-corrected chi connectivity index (χ4v) is 2.52. The number of carbonyl (C=O) groups is 1. The van der Waals surface area contributed by atoms with Gasteiger partial charge in [-0.2, -0.15) is 0 Å². The van der Waals surface area contributed by atoms with Crippen LogP contribution in [0.15, 0.2) is 0 Å². The number of primary amides is 1. The summed E-state index contributed by atoms with van der Waals surface area (Å²) in [6.07, 6.45) is 4.66. The summed E-state index contributed by atoms with van der Waals surface area (Å²) in [4.78, 5) is 10.9. The molecule has 0 aromatic carbocycles. The maximum atomic E-state index is 10.9. The minimum Gasteiger partial charge on any atom is -0.369 e. The first-order valence-corrected chi connectivity index (χ1v) is 7.65. The second kappa shape index (κ2) is 5.63. The van der Waals surface area contributed by atoms with Gasteiger partial charge in [0.25, 0.3) is 0 Å². The molecule has 1 aliphatic carbocycles. The molecule has 0 aromatic rings. The quantitative estimate of drug-likeness (QED) is 0.697. The highest BCUT2D eigenvalue weighted by Crippen LogP contribution is 2.23. The molecule has 0 saturated heterocycles. The Labute approximate surface area is 96.7 Å². The van der Waals surface area contributed by atoms with Crippen LogP contribution in [0, 0.1) is 5.92 Å². The molecule has 0 aliphatic heterocycles. The Morgan fingerprint density at radius 3 is 2.31 bits per heavy atom. The minimum absolute atomic E-state index is 0.00737. The Morgan fingerprint density at radius 2 is 1.88 bits per heavy atom. The van der Waals surface area contributed by atoms with Crippen molar-refractivity contribution in [1.82, 2.24) is 5.32 Å². The number of sulfone groups is 1. The van der Waals surface area contributed by atoms with Gasteiger partial charge in [-0.1, -0.05) is 0 Å². The maximum Gasteiger partial charge on any atom is 0.220 e. The monoisotopic (exact) mass is 248 g/mol. The highest BCUT2D eigenvalue weighted by Gasteiger charge is 2.24. The Balaban J connectivity index is 2.20. The first-order chi connectivity index (χ1) is 7.38. The Kier molecular flexibility index (Phi) is 4.73. The standard InChI is InChI=1S/C10H20N2O3S/c1-16(14,15)7-6-12-9-4-2-8(3-5-9)10(11)13/h8-9,12H,2-7H2,1H3,(H2,11,13). The van der Waals surface area contributed by atoms with Gasteiger partial charge in [0.15, 0.2) is 0 Å². The first-order valence-electron chi connectivity index (χ1n) is 5.59. The van der Waals surface area contributed by atoms with E-state index in [0.717, 1.165) is 25.7 Å². The molecule has 1 amide bonds. The molecule has 0 radical (unpaired) electrons. The number of nitrogens with one attached hydrogen (secondary N) is 1. The molecule has 0 unspecified atom stereocenters. The van der Waals surface area contributed by atoms with Crippen LogP contribution < -0.4 is 11.1 Å². The SMILES string of the molecule is CS(=O)(=O)CCNC1CCC(C(N)=O)CC1. The zero-order valence-electron chi connectivity index (χ0n) is 9.61. The smallest absolute Gasteiger partial charge is 0.220 e. The third-order valence-corrected chi connectivity index (χ3v) is 3.98. The van der Waals surface area contributed by atoms with Gasteiger partial charge in [0, 0.05) is 24.8 Å². The largest absolute Gasteiger partial charge is 0.369 e. The molecule has 0 aromatic heterocycles. The summed E-state index contributed by atoms with van der Waals surface area (Å²) in [7, 11) is -2.89. The van der Waals surface area contributed by atoms with Crippen LogP contribution >= 0.6 is 0 Å².